The second-order valence-electron chi connectivity index (χ2n) is 4.08. The predicted molar refractivity (Wildman–Crippen MR) is 61.2 cm³/mol. The number of rotatable bonds is 3. The first-order valence-electron chi connectivity index (χ1n) is 4.90. The lowest BCUT2D eigenvalue weighted by molar-refractivity contribution is 0.198. The van der Waals surface area contributed by atoms with Gasteiger partial charge in [-0.2, -0.15) is 0 Å². The standard InChI is InChI=1S/C11H12ClNO3/c1-11(7-16-11)6-13(10(14)15)9-4-2-8(12)3-5-9/h2-5H,6-7H2,1H3,(H,14,15). The number of halogens is 1. The fourth-order valence-corrected chi connectivity index (χ4v) is 1.57. The minimum atomic E-state index is -0.987. The van der Waals surface area contributed by atoms with Crippen molar-refractivity contribution >= 4 is 23.4 Å². The molecule has 0 radical (unpaired) electrons. The van der Waals surface area contributed by atoms with Crippen molar-refractivity contribution < 1.29 is 14.6 Å². The number of carboxylic acid groups (broad SMARTS) is 1. The summed E-state index contributed by atoms with van der Waals surface area (Å²) >= 11 is 5.75. The number of carbonyl (C=O) groups is 1. The van der Waals surface area contributed by atoms with Crippen molar-refractivity contribution in [1.29, 1.82) is 0 Å². The summed E-state index contributed by atoms with van der Waals surface area (Å²) in [6.07, 6.45) is -0.987. The SMILES string of the molecule is CC1(CN(C(=O)O)c2ccc(Cl)cc2)CO1. The van der Waals surface area contributed by atoms with Crippen LogP contribution < -0.4 is 4.90 Å². The number of ether oxygens (including phenoxy) is 1. The van der Waals surface area contributed by atoms with Crippen LogP contribution in [0.15, 0.2) is 24.3 Å². The van der Waals surface area contributed by atoms with E-state index in [0.717, 1.165) is 0 Å². The van der Waals surface area contributed by atoms with Crippen molar-refractivity contribution in [2.24, 2.45) is 0 Å². The van der Waals surface area contributed by atoms with Crippen molar-refractivity contribution in [2.45, 2.75) is 12.5 Å². The molecule has 1 N–H and O–H groups in total. The Kier molecular flexibility index (Phi) is 2.78. The van der Waals surface area contributed by atoms with E-state index in [0.29, 0.717) is 23.9 Å². The van der Waals surface area contributed by atoms with E-state index in [2.05, 4.69) is 0 Å². The van der Waals surface area contributed by atoms with Crippen LogP contribution in [-0.2, 0) is 4.74 Å². The summed E-state index contributed by atoms with van der Waals surface area (Å²) in [4.78, 5) is 12.4. The van der Waals surface area contributed by atoms with Crippen molar-refractivity contribution in [3.8, 4) is 0 Å². The van der Waals surface area contributed by atoms with Crippen molar-refractivity contribution in [3.63, 3.8) is 0 Å². The molecule has 1 aromatic carbocycles. The topological polar surface area (TPSA) is 53.1 Å². The number of nitrogens with zero attached hydrogens (tertiary/aromatic N) is 1. The number of anilines is 1. The molecule has 4 nitrogen and oxygen atoms in total. The molecule has 0 aliphatic carbocycles. The van der Waals surface area contributed by atoms with E-state index < -0.39 is 6.09 Å². The van der Waals surface area contributed by atoms with Gasteiger partial charge in [0.2, 0.25) is 0 Å². The molecule has 0 spiro atoms. The minimum absolute atomic E-state index is 0.335. The van der Waals surface area contributed by atoms with Crippen LogP contribution >= 0.6 is 11.6 Å². The molecule has 1 aliphatic rings. The second-order valence-corrected chi connectivity index (χ2v) is 4.52. The molecule has 1 atom stereocenters. The van der Waals surface area contributed by atoms with E-state index in [1.807, 2.05) is 6.92 Å². The van der Waals surface area contributed by atoms with Crippen LogP contribution in [0.4, 0.5) is 10.5 Å². The van der Waals surface area contributed by atoms with E-state index in [1.165, 1.54) is 4.90 Å². The average Bonchev–Trinajstić information content (AvgIpc) is 2.95. The highest BCUT2D eigenvalue weighted by Crippen LogP contribution is 2.29. The molecule has 0 aromatic heterocycles. The maximum absolute atomic E-state index is 11.1. The summed E-state index contributed by atoms with van der Waals surface area (Å²) in [5, 5.41) is 9.71. The largest absolute Gasteiger partial charge is 0.465 e. The number of benzene rings is 1. The van der Waals surface area contributed by atoms with Crippen LogP contribution in [0.5, 0.6) is 0 Å². The predicted octanol–water partition coefficient (Wildman–Crippen LogP) is 2.61. The maximum Gasteiger partial charge on any atom is 0.411 e. The van der Waals surface area contributed by atoms with Crippen LogP contribution in [-0.4, -0.2) is 30.0 Å². The Labute approximate surface area is 98.4 Å². The van der Waals surface area contributed by atoms with Gasteiger partial charge in [0.05, 0.1) is 13.2 Å². The molecule has 1 amide bonds. The first kappa shape index (κ1) is 11.2. The van der Waals surface area contributed by atoms with Crippen LogP contribution in [0.25, 0.3) is 0 Å². The first-order valence-corrected chi connectivity index (χ1v) is 5.28. The lowest BCUT2D eigenvalue weighted by atomic mass is 10.2. The zero-order chi connectivity index (χ0) is 11.8. The summed E-state index contributed by atoms with van der Waals surface area (Å²) in [6.45, 7) is 2.83. The van der Waals surface area contributed by atoms with E-state index >= 15 is 0 Å². The zero-order valence-corrected chi connectivity index (χ0v) is 9.57. The van der Waals surface area contributed by atoms with Gasteiger partial charge in [0.25, 0.3) is 0 Å². The Bertz CT molecular complexity index is 400. The van der Waals surface area contributed by atoms with E-state index in [4.69, 9.17) is 21.4 Å². The molecular weight excluding hydrogens is 230 g/mol. The van der Waals surface area contributed by atoms with Gasteiger partial charge in [-0.25, -0.2) is 4.79 Å². The van der Waals surface area contributed by atoms with Crippen molar-refractivity contribution in [3.05, 3.63) is 29.3 Å². The average molecular weight is 242 g/mol. The van der Waals surface area contributed by atoms with Gasteiger partial charge in [-0.1, -0.05) is 11.6 Å². The van der Waals surface area contributed by atoms with Crippen LogP contribution in [0.1, 0.15) is 6.92 Å². The van der Waals surface area contributed by atoms with Gasteiger partial charge in [0.15, 0.2) is 0 Å². The first-order chi connectivity index (χ1) is 7.50. The molecule has 1 aliphatic heterocycles. The smallest absolute Gasteiger partial charge is 0.411 e. The van der Waals surface area contributed by atoms with E-state index in [-0.39, 0.29) is 5.60 Å². The van der Waals surface area contributed by atoms with Gasteiger partial charge in [0.1, 0.15) is 5.60 Å². The molecule has 5 heteroatoms. The molecule has 2 rings (SSSR count). The number of hydrogen-bond donors (Lipinski definition) is 1. The summed E-state index contributed by atoms with van der Waals surface area (Å²) in [5.41, 5.74) is 0.270. The van der Waals surface area contributed by atoms with Gasteiger partial charge >= 0.3 is 6.09 Å². The summed E-state index contributed by atoms with van der Waals surface area (Å²) < 4.78 is 5.19. The Hall–Kier alpha value is -1.26. The Balaban J connectivity index is 2.18. The van der Waals surface area contributed by atoms with Gasteiger partial charge < -0.3 is 9.84 Å². The third-order valence-corrected chi connectivity index (χ3v) is 2.75. The van der Waals surface area contributed by atoms with Crippen molar-refractivity contribution in [2.75, 3.05) is 18.1 Å². The van der Waals surface area contributed by atoms with Gasteiger partial charge in [-0.15, -0.1) is 0 Å². The van der Waals surface area contributed by atoms with Gasteiger partial charge in [0, 0.05) is 10.7 Å². The zero-order valence-electron chi connectivity index (χ0n) is 8.81. The monoisotopic (exact) mass is 241 g/mol. The number of amides is 1. The molecule has 1 aromatic rings. The number of epoxide rings is 1. The van der Waals surface area contributed by atoms with Crippen LogP contribution in [0.2, 0.25) is 5.02 Å². The molecular formula is C11H12ClNO3. The fraction of sp³-hybridized carbons (Fsp3) is 0.364. The minimum Gasteiger partial charge on any atom is -0.465 e. The van der Waals surface area contributed by atoms with Gasteiger partial charge in [-0.3, -0.25) is 4.90 Å². The molecule has 16 heavy (non-hydrogen) atoms. The summed E-state index contributed by atoms with van der Waals surface area (Å²) in [6, 6.07) is 6.70. The molecule has 0 saturated carbocycles. The highest BCUT2D eigenvalue weighted by molar-refractivity contribution is 6.30. The molecule has 1 saturated heterocycles. The molecule has 1 heterocycles. The normalized spacial score (nSPS) is 22.9. The third-order valence-electron chi connectivity index (χ3n) is 2.50. The highest BCUT2D eigenvalue weighted by atomic mass is 35.5. The quantitative estimate of drug-likeness (QED) is 0.828. The summed E-state index contributed by atoms with van der Waals surface area (Å²) in [5.74, 6) is 0. The van der Waals surface area contributed by atoms with Crippen molar-refractivity contribution in [1.82, 2.24) is 0 Å². The molecule has 1 fully saturated rings. The lowest BCUT2D eigenvalue weighted by Gasteiger charge is -2.21. The Morgan fingerprint density at radius 3 is 2.56 bits per heavy atom. The number of hydrogen-bond acceptors (Lipinski definition) is 2. The Morgan fingerprint density at radius 1 is 1.56 bits per heavy atom. The fourth-order valence-electron chi connectivity index (χ4n) is 1.44. The maximum atomic E-state index is 11.1. The van der Waals surface area contributed by atoms with Crippen LogP contribution in [0.3, 0.4) is 0 Å². The lowest BCUT2D eigenvalue weighted by Crippen LogP contribution is -2.37. The van der Waals surface area contributed by atoms with Crippen LogP contribution in [0, 0.1) is 0 Å². The summed E-state index contributed by atoms with van der Waals surface area (Å²) in [7, 11) is 0. The highest BCUT2D eigenvalue weighted by Gasteiger charge is 2.42. The Morgan fingerprint density at radius 2 is 2.12 bits per heavy atom. The second kappa shape index (κ2) is 3.96. The molecule has 86 valence electrons. The van der Waals surface area contributed by atoms with Gasteiger partial charge in [-0.05, 0) is 31.2 Å². The van der Waals surface area contributed by atoms with E-state index in [9.17, 15) is 4.79 Å². The van der Waals surface area contributed by atoms with E-state index in [1.54, 1.807) is 24.3 Å². The third kappa shape index (κ3) is 2.46. The molecule has 0 bridgehead atoms. The molecule has 1 unspecified atom stereocenters.